The summed E-state index contributed by atoms with van der Waals surface area (Å²) in [6.45, 7) is 5.76. The van der Waals surface area contributed by atoms with Gasteiger partial charge in [-0.15, -0.1) is 11.3 Å². The minimum absolute atomic E-state index is 0.285. The van der Waals surface area contributed by atoms with E-state index in [1.54, 1.807) is 11.3 Å². The highest BCUT2D eigenvalue weighted by Crippen LogP contribution is 2.43. The van der Waals surface area contributed by atoms with Crippen molar-refractivity contribution >= 4 is 39.0 Å². The summed E-state index contributed by atoms with van der Waals surface area (Å²) in [5, 5.41) is 1.37. The maximum Gasteiger partial charge on any atom is 0.225 e. The molecule has 0 fully saturated rings. The Kier molecular flexibility index (Phi) is 6.61. The summed E-state index contributed by atoms with van der Waals surface area (Å²) in [5.74, 6) is 0.884. The fraction of sp³-hybridized carbons (Fsp3) is 0.172. The Balaban J connectivity index is 1.72. The Hall–Kier alpha value is -3.21. The molecule has 34 heavy (non-hydrogen) atoms. The van der Waals surface area contributed by atoms with Crippen LogP contribution in [0.15, 0.2) is 84.9 Å². The molecule has 0 N–H and O–H groups in total. The maximum absolute atomic E-state index is 6.50. The van der Waals surface area contributed by atoms with Crippen LogP contribution in [-0.4, -0.2) is 9.97 Å². The van der Waals surface area contributed by atoms with E-state index in [0.717, 1.165) is 35.5 Å². The van der Waals surface area contributed by atoms with E-state index in [0.29, 0.717) is 0 Å². The quantitative estimate of drug-likeness (QED) is 0.219. The van der Waals surface area contributed by atoms with Crippen molar-refractivity contribution in [2.45, 2.75) is 33.4 Å². The Labute approximate surface area is 209 Å². The second kappa shape index (κ2) is 9.96. The molecule has 2 aromatic heterocycles. The molecule has 170 valence electrons. The van der Waals surface area contributed by atoms with E-state index in [1.807, 2.05) is 12.1 Å². The number of fused-ring (bicyclic) bond motifs is 1. The van der Waals surface area contributed by atoms with Gasteiger partial charge >= 0.3 is 0 Å². The summed E-state index contributed by atoms with van der Waals surface area (Å²) in [7, 11) is 0. The number of benzene rings is 3. The lowest BCUT2D eigenvalue weighted by molar-refractivity contribution is 0.786. The normalized spacial score (nSPS) is 11.1. The van der Waals surface area contributed by atoms with Crippen LogP contribution in [-0.2, 0) is 19.5 Å². The highest BCUT2D eigenvalue weighted by Gasteiger charge is 2.23. The molecule has 0 unspecified atom stereocenters. The predicted octanol–water partition coefficient (Wildman–Crippen LogP) is 8.09. The van der Waals surface area contributed by atoms with Gasteiger partial charge in [-0.25, -0.2) is 4.98 Å². The Morgan fingerprint density at radius 2 is 1.38 bits per heavy atom. The van der Waals surface area contributed by atoms with Crippen molar-refractivity contribution in [3.8, 4) is 11.1 Å². The lowest BCUT2D eigenvalue weighted by atomic mass is 10.0. The van der Waals surface area contributed by atoms with Gasteiger partial charge in [-0.3, -0.25) is 0 Å². The molecule has 0 saturated carbocycles. The van der Waals surface area contributed by atoms with E-state index >= 15 is 0 Å². The molecule has 3 aromatic carbocycles. The summed E-state index contributed by atoms with van der Waals surface area (Å²) >= 11 is 8.22. The zero-order valence-electron chi connectivity index (χ0n) is 19.3. The summed E-state index contributed by atoms with van der Waals surface area (Å²) in [4.78, 5) is 14.0. The van der Waals surface area contributed by atoms with E-state index < -0.39 is 0 Å². The second-order valence-electron chi connectivity index (χ2n) is 8.44. The zero-order valence-corrected chi connectivity index (χ0v) is 20.9. The van der Waals surface area contributed by atoms with E-state index in [2.05, 4.69) is 96.5 Å². The van der Waals surface area contributed by atoms with Gasteiger partial charge in [0.2, 0.25) is 5.28 Å². The van der Waals surface area contributed by atoms with Gasteiger partial charge in [-0.1, -0.05) is 97.4 Å². The van der Waals surface area contributed by atoms with E-state index in [4.69, 9.17) is 16.6 Å². The molecule has 0 bridgehead atoms. The van der Waals surface area contributed by atoms with E-state index in [-0.39, 0.29) is 5.28 Å². The van der Waals surface area contributed by atoms with Crippen LogP contribution in [0.4, 0.5) is 5.82 Å². The number of thiophene rings is 1. The van der Waals surface area contributed by atoms with E-state index in [1.165, 1.54) is 32.7 Å². The van der Waals surface area contributed by atoms with Crippen LogP contribution >= 0.6 is 22.9 Å². The number of halogens is 1. The highest BCUT2D eigenvalue weighted by molar-refractivity contribution is 7.19. The number of aryl methyl sites for hydroxylation is 2. The first-order chi connectivity index (χ1) is 16.6. The number of nitrogens with zero attached hydrogens (tertiary/aromatic N) is 3. The van der Waals surface area contributed by atoms with Crippen molar-refractivity contribution in [2.24, 2.45) is 0 Å². The Bertz CT molecular complexity index is 1360. The Morgan fingerprint density at radius 1 is 0.794 bits per heavy atom. The average molecular weight is 484 g/mol. The van der Waals surface area contributed by atoms with Gasteiger partial charge in [0.05, 0.1) is 5.39 Å². The number of anilines is 1. The molecule has 5 rings (SSSR count). The molecule has 3 nitrogen and oxygen atoms in total. The van der Waals surface area contributed by atoms with Crippen molar-refractivity contribution in [3.05, 3.63) is 112 Å². The van der Waals surface area contributed by atoms with Gasteiger partial charge in [0.25, 0.3) is 0 Å². The van der Waals surface area contributed by atoms with Crippen molar-refractivity contribution in [3.63, 3.8) is 0 Å². The smallest absolute Gasteiger partial charge is 0.225 e. The molecule has 0 spiro atoms. The minimum atomic E-state index is 0.285. The molecule has 5 aromatic rings. The van der Waals surface area contributed by atoms with Crippen LogP contribution in [0.25, 0.3) is 21.3 Å². The standard InChI is InChI=1S/C29H26ClN3S/c1-3-24-25(23-16-14-20(2)15-17-23)26-27(31-29(30)32-28(26)34-24)33(18-21-10-6-4-7-11-21)19-22-12-8-5-9-13-22/h4-17H,3,18-19H2,1-2H3. The fourth-order valence-electron chi connectivity index (χ4n) is 4.32. The van der Waals surface area contributed by atoms with Gasteiger partial charge in [-0.2, -0.15) is 4.98 Å². The molecule has 0 amide bonds. The highest BCUT2D eigenvalue weighted by atomic mass is 35.5. The first kappa shape index (κ1) is 22.6. The topological polar surface area (TPSA) is 29.0 Å². The predicted molar refractivity (Wildman–Crippen MR) is 145 cm³/mol. The third-order valence-corrected chi connectivity index (χ3v) is 7.37. The van der Waals surface area contributed by atoms with Crippen LogP contribution < -0.4 is 4.90 Å². The number of hydrogen-bond acceptors (Lipinski definition) is 4. The molecular weight excluding hydrogens is 458 g/mol. The van der Waals surface area contributed by atoms with Gasteiger partial charge in [0.15, 0.2) is 0 Å². The van der Waals surface area contributed by atoms with Gasteiger partial charge in [0, 0.05) is 23.5 Å². The van der Waals surface area contributed by atoms with Crippen molar-refractivity contribution < 1.29 is 0 Å². The van der Waals surface area contributed by atoms with Crippen molar-refractivity contribution in [2.75, 3.05) is 4.90 Å². The maximum atomic E-state index is 6.50. The van der Waals surface area contributed by atoms with Gasteiger partial charge in [-0.05, 0) is 41.6 Å². The van der Waals surface area contributed by atoms with Gasteiger partial charge in [0.1, 0.15) is 10.6 Å². The zero-order chi connectivity index (χ0) is 23.5. The molecule has 0 aliphatic heterocycles. The molecule has 0 atom stereocenters. The lowest BCUT2D eigenvalue weighted by Gasteiger charge is -2.25. The monoisotopic (exact) mass is 483 g/mol. The van der Waals surface area contributed by atoms with Gasteiger partial charge < -0.3 is 4.90 Å². The average Bonchev–Trinajstić information content (AvgIpc) is 3.23. The third kappa shape index (κ3) is 4.70. The van der Waals surface area contributed by atoms with Crippen LogP contribution in [0, 0.1) is 6.92 Å². The molecule has 0 saturated heterocycles. The van der Waals surface area contributed by atoms with Crippen molar-refractivity contribution in [1.82, 2.24) is 9.97 Å². The Morgan fingerprint density at radius 3 is 1.94 bits per heavy atom. The first-order valence-corrected chi connectivity index (χ1v) is 12.7. The fourth-order valence-corrected chi connectivity index (χ4v) is 5.66. The summed E-state index contributed by atoms with van der Waals surface area (Å²) in [5.41, 5.74) is 6.12. The summed E-state index contributed by atoms with van der Waals surface area (Å²) < 4.78 is 0. The minimum Gasteiger partial charge on any atom is -0.347 e. The molecule has 5 heteroatoms. The van der Waals surface area contributed by atoms with Crippen LogP contribution in [0.5, 0.6) is 0 Å². The number of rotatable bonds is 7. The van der Waals surface area contributed by atoms with E-state index in [9.17, 15) is 0 Å². The lowest BCUT2D eigenvalue weighted by Crippen LogP contribution is -2.23. The number of hydrogen-bond donors (Lipinski definition) is 0. The van der Waals surface area contributed by atoms with Crippen LogP contribution in [0.3, 0.4) is 0 Å². The van der Waals surface area contributed by atoms with Crippen LogP contribution in [0.1, 0.15) is 28.5 Å². The largest absolute Gasteiger partial charge is 0.347 e. The number of aromatic nitrogens is 2. The summed E-state index contributed by atoms with van der Waals surface area (Å²) in [6.07, 6.45) is 0.929. The molecular formula is C29H26ClN3S. The summed E-state index contributed by atoms with van der Waals surface area (Å²) in [6, 6.07) is 29.8. The van der Waals surface area contributed by atoms with Crippen LogP contribution in [0.2, 0.25) is 5.28 Å². The first-order valence-electron chi connectivity index (χ1n) is 11.5. The molecule has 0 aliphatic rings. The van der Waals surface area contributed by atoms with Crippen molar-refractivity contribution in [1.29, 1.82) is 0 Å². The molecule has 2 heterocycles. The molecule has 0 aliphatic carbocycles. The third-order valence-electron chi connectivity index (χ3n) is 5.97. The molecule has 0 radical (unpaired) electrons. The SMILES string of the molecule is CCc1sc2nc(Cl)nc(N(Cc3ccccc3)Cc3ccccc3)c2c1-c1ccc(C)cc1. The second-order valence-corrected chi connectivity index (χ2v) is 9.87.